The van der Waals surface area contributed by atoms with Crippen molar-refractivity contribution in [2.75, 3.05) is 12.3 Å². The lowest BCUT2D eigenvalue weighted by Gasteiger charge is -2.23. The number of amides is 1. The van der Waals surface area contributed by atoms with Crippen molar-refractivity contribution in [1.29, 1.82) is 0 Å². The number of anilines is 1. The van der Waals surface area contributed by atoms with Gasteiger partial charge in [0.25, 0.3) is 5.91 Å². The smallest absolute Gasteiger partial charge is 0.251 e. The van der Waals surface area contributed by atoms with Crippen LogP contribution in [0.2, 0.25) is 0 Å². The molecule has 0 saturated heterocycles. The molecule has 3 nitrogen and oxygen atoms in total. The van der Waals surface area contributed by atoms with Gasteiger partial charge in [-0.2, -0.15) is 0 Å². The largest absolute Gasteiger partial charge is 0.399 e. The average molecular weight is 311 g/mol. The minimum absolute atomic E-state index is 0. The van der Waals surface area contributed by atoms with Gasteiger partial charge in [0.15, 0.2) is 0 Å². The van der Waals surface area contributed by atoms with Crippen molar-refractivity contribution < 1.29 is 4.79 Å². The molecule has 0 radical (unpaired) electrons. The third-order valence-electron chi connectivity index (χ3n) is 3.03. The summed E-state index contributed by atoms with van der Waals surface area (Å²) >= 11 is 1.71. The SMILES string of the molecule is CC(C)(CNC(=O)c1cccc(N)c1)c1cccs1.Cl. The van der Waals surface area contributed by atoms with E-state index in [1.165, 1.54) is 4.88 Å². The first-order valence-corrected chi connectivity index (χ1v) is 7.05. The van der Waals surface area contributed by atoms with Crippen LogP contribution in [0.15, 0.2) is 41.8 Å². The summed E-state index contributed by atoms with van der Waals surface area (Å²) < 4.78 is 0. The molecule has 0 spiro atoms. The molecular formula is C15H19ClN2OS. The average Bonchev–Trinajstić information content (AvgIpc) is 2.90. The number of thiophene rings is 1. The van der Waals surface area contributed by atoms with E-state index in [0.29, 0.717) is 17.8 Å². The van der Waals surface area contributed by atoms with Gasteiger partial charge in [0.05, 0.1) is 0 Å². The number of halogens is 1. The van der Waals surface area contributed by atoms with Crippen LogP contribution in [0.1, 0.15) is 29.1 Å². The van der Waals surface area contributed by atoms with E-state index in [4.69, 9.17) is 5.73 Å². The van der Waals surface area contributed by atoms with Crippen LogP contribution in [0.5, 0.6) is 0 Å². The molecule has 1 amide bonds. The zero-order chi connectivity index (χ0) is 13.9. The van der Waals surface area contributed by atoms with E-state index < -0.39 is 0 Å². The molecule has 0 aliphatic carbocycles. The normalized spacial score (nSPS) is 10.7. The van der Waals surface area contributed by atoms with Crippen molar-refractivity contribution in [1.82, 2.24) is 5.32 Å². The van der Waals surface area contributed by atoms with Crippen LogP contribution < -0.4 is 11.1 Å². The number of nitrogens with one attached hydrogen (secondary N) is 1. The molecule has 5 heteroatoms. The summed E-state index contributed by atoms with van der Waals surface area (Å²) in [5.41, 5.74) is 6.81. The maximum Gasteiger partial charge on any atom is 0.251 e. The summed E-state index contributed by atoms with van der Waals surface area (Å²) in [4.78, 5) is 13.3. The number of hydrogen-bond acceptors (Lipinski definition) is 3. The summed E-state index contributed by atoms with van der Waals surface area (Å²) in [5.74, 6) is -0.0862. The van der Waals surface area contributed by atoms with E-state index in [2.05, 4.69) is 30.6 Å². The molecule has 2 aromatic rings. The molecule has 0 aliphatic heterocycles. The second-order valence-corrected chi connectivity index (χ2v) is 6.12. The van der Waals surface area contributed by atoms with Gasteiger partial charge in [0.2, 0.25) is 0 Å². The van der Waals surface area contributed by atoms with Crippen LogP contribution in [0.25, 0.3) is 0 Å². The maximum absolute atomic E-state index is 12.0. The van der Waals surface area contributed by atoms with Gasteiger partial charge < -0.3 is 11.1 Å². The maximum atomic E-state index is 12.0. The van der Waals surface area contributed by atoms with E-state index in [1.807, 2.05) is 6.07 Å². The Morgan fingerprint density at radius 3 is 2.65 bits per heavy atom. The van der Waals surface area contributed by atoms with Crippen molar-refractivity contribution in [2.24, 2.45) is 0 Å². The number of rotatable bonds is 4. The van der Waals surface area contributed by atoms with Crippen molar-refractivity contribution in [3.63, 3.8) is 0 Å². The fraction of sp³-hybridized carbons (Fsp3) is 0.267. The van der Waals surface area contributed by atoms with Gasteiger partial charge in [0, 0.05) is 28.1 Å². The van der Waals surface area contributed by atoms with Gasteiger partial charge in [-0.25, -0.2) is 0 Å². The monoisotopic (exact) mass is 310 g/mol. The predicted octanol–water partition coefficient (Wildman–Crippen LogP) is 3.46. The number of nitrogens with two attached hydrogens (primary N) is 1. The Bertz CT molecular complexity index is 567. The zero-order valence-corrected chi connectivity index (χ0v) is 13.2. The van der Waals surface area contributed by atoms with E-state index in [9.17, 15) is 4.79 Å². The Kier molecular flexibility index (Phi) is 5.60. The van der Waals surface area contributed by atoms with E-state index in [1.54, 1.807) is 35.6 Å². The lowest BCUT2D eigenvalue weighted by molar-refractivity contribution is 0.0946. The third kappa shape index (κ3) is 3.99. The highest BCUT2D eigenvalue weighted by atomic mass is 35.5. The van der Waals surface area contributed by atoms with Crippen molar-refractivity contribution in [3.05, 3.63) is 52.2 Å². The van der Waals surface area contributed by atoms with Crippen LogP contribution in [0.4, 0.5) is 5.69 Å². The summed E-state index contributed by atoms with van der Waals surface area (Å²) in [7, 11) is 0. The summed E-state index contributed by atoms with van der Waals surface area (Å²) in [6.45, 7) is 4.85. The Hall–Kier alpha value is -1.52. The number of carbonyl (C=O) groups excluding carboxylic acids is 1. The highest BCUT2D eigenvalue weighted by Gasteiger charge is 2.22. The lowest BCUT2D eigenvalue weighted by Crippen LogP contribution is -2.36. The Balaban J connectivity index is 0.00000200. The Morgan fingerprint density at radius 1 is 1.30 bits per heavy atom. The van der Waals surface area contributed by atoms with Gasteiger partial charge in [-0.05, 0) is 29.6 Å². The number of benzene rings is 1. The first-order valence-electron chi connectivity index (χ1n) is 6.17. The molecule has 0 fully saturated rings. The van der Waals surface area contributed by atoms with E-state index >= 15 is 0 Å². The van der Waals surface area contributed by atoms with Crippen LogP contribution >= 0.6 is 23.7 Å². The van der Waals surface area contributed by atoms with Gasteiger partial charge in [-0.1, -0.05) is 26.0 Å². The van der Waals surface area contributed by atoms with Crippen LogP contribution in [-0.2, 0) is 5.41 Å². The van der Waals surface area contributed by atoms with E-state index in [0.717, 1.165) is 0 Å². The number of carbonyl (C=O) groups is 1. The highest BCUT2D eigenvalue weighted by Crippen LogP contribution is 2.26. The summed E-state index contributed by atoms with van der Waals surface area (Å²) in [6, 6.07) is 11.1. The number of hydrogen-bond donors (Lipinski definition) is 2. The first-order chi connectivity index (χ1) is 8.99. The molecule has 2 rings (SSSR count). The fourth-order valence-corrected chi connectivity index (χ4v) is 2.69. The molecule has 1 aromatic carbocycles. The third-order valence-corrected chi connectivity index (χ3v) is 4.26. The van der Waals surface area contributed by atoms with Crippen LogP contribution in [0.3, 0.4) is 0 Å². The van der Waals surface area contributed by atoms with Gasteiger partial charge in [-0.15, -0.1) is 23.7 Å². The second kappa shape index (κ2) is 6.77. The molecule has 108 valence electrons. The molecule has 1 heterocycles. The fourth-order valence-electron chi connectivity index (χ4n) is 1.83. The lowest BCUT2D eigenvalue weighted by atomic mass is 9.91. The molecule has 0 saturated carbocycles. The number of nitrogen functional groups attached to an aromatic ring is 1. The van der Waals surface area contributed by atoms with Crippen LogP contribution in [0, 0.1) is 0 Å². The highest BCUT2D eigenvalue weighted by molar-refractivity contribution is 7.10. The van der Waals surface area contributed by atoms with Crippen molar-refractivity contribution >= 4 is 35.3 Å². The van der Waals surface area contributed by atoms with Gasteiger partial charge >= 0.3 is 0 Å². The Labute approximate surface area is 129 Å². The Morgan fingerprint density at radius 2 is 2.05 bits per heavy atom. The predicted molar refractivity (Wildman–Crippen MR) is 87.8 cm³/mol. The molecule has 0 unspecified atom stereocenters. The standard InChI is InChI=1S/C15H18N2OS.ClH/c1-15(2,13-7-4-8-19-13)10-17-14(18)11-5-3-6-12(16)9-11;/h3-9H,10,16H2,1-2H3,(H,17,18);1H. The molecule has 0 atom stereocenters. The van der Waals surface area contributed by atoms with Crippen molar-refractivity contribution in [3.8, 4) is 0 Å². The molecule has 0 aliphatic rings. The first kappa shape index (κ1) is 16.5. The molecule has 0 bridgehead atoms. The molecule has 1 aromatic heterocycles. The quantitative estimate of drug-likeness (QED) is 0.850. The summed E-state index contributed by atoms with van der Waals surface area (Å²) in [6.07, 6.45) is 0. The topological polar surface area (TPSA) is 55.1 Å². The van der Waals surface area contributed by atoms with Crippen LogP contribution in [-0.4, -0.2) is 12.5 Å². The van der Waals surface area contributed by atoms with Gasteiger partial charge in [0.1, 0.15) is 0 Å². The summed E-state index contributed by atoms with van der Waals surface area (Å²) in [5, 5.41) is 5.02. The second-order valence-electron chi connectivity index (χ2n) is 5.17. The molecule has 3 N–H and O–H groups in total. The minimum Gasteiger partial charge on any atom is -0.399 e. The zero-order valence-electron chi connectivity index (χ0n) is 11.6. The molecular weight excluding hydrogens is 292 g/mol. The minimum atomic E-state index is -0.0862. The van der Waals surface area contributed by atoms with E-state index in [-0.39, 0.29) is 23.7 Å². The van der Waals surface area contributed by atoms with Gasteiger partial charge in [-0.3, -0.25) is 4.79 Å². The van der Waals surface area contributed by atoms with Crippen molar-refractivity contribution in [2.45, 2.75) is 19.3 Å². The molecule has 20 heavy (non-hydrogen) atoms.